The lowest BCUT2D eigenvalue weighted by molar-refractivity contribution is 0.361. The topological polar surface area (TPSA) is 80.9 Å². The van der Waals surface area contributed by atoms with Gasteiger partial charge in [-0.15, -0.1) is 0 Å². The molecule has 0 saturated heterocycles. The molecule has 4 N–H and O–H groups in total. The van der Waals surface area contributed by atoms with Crippen LogP contribution >= 0.6 is 16.8 Å². The molecule has 0 atom stereocenters. The first-order valence-electron chi connectivity index (χ1n) is 13.5. The molecule has 0 amide bonds. The minimum Gasteiger partial charge on any atom is -0.349 e. The van der Waals surface area contributed by atoms with Crippen LogP contribution in [0.4, 0.5) is 0 Å². The maximum atomic E-state index is 12.1. The number of benzene rings is 4. The summed E-state index contributed by atoms with van der Waals surface area (Å²) >= 11 is 0. The van der Waals surface area contributed by atoms with Gasteiger partial charge in [0.25, 0.3) is 0 Å². The maximum Gasteiger partial charge on any atom is 0.182 e. The highest BCUT2D eigenvalue weighted by Crippen LogP contribution is 2.77. The van der Waals surface area contributed by atoms with Crippen molar-refractivity contribution in [2.75, 3.05) is 0 Å². The van der Waals surface area contributed by atoms with Crippen LogP contribution in [0.1, 0.15) is 66.8 Å². The summed E-state index contributed by atoms with van der Waals surface area (Å²) in [7, 11) is -5.77. The van der Waals surface area contributed by atoms with Gasteiger partial charge in [-0.25, -0.2) is 0 Å². The largest absolute Gasteiger partial charge is 0.349 e. The van der Waals surface area contributed by atoms with Gasteiger partial charge in [-0.3, -0.25) is 0 Å². The molecule has 0 aromatic heterocycles. The fourth-order valence-corrected chi connectivity index (χ4v) is 11.0. The van der Waals surface area contributed by atoms with Gasteiger partial charge in [-0.2, -0.15) is 0 Å². The van der Waals surface area contributed by atoms with Crippen molar-refractivity contribution < 1.29 is 19.6 Å². The summed E-state index contributed by atoms with van der Waals surface area (Å²) in [5.41, 5.74) is 9.72. The summed E-state index contributed by atoms with van der Waals surface area (Å²) in [5, 5.41) is -3.29. The van der Waals surface area contributed by atoms with E-state index < -0.39 is 27.1 Å². The zero-order valence-electron chi connectivity index (χ0n) is 24.6. The molecule has 4 aromatic carbocycles. The molecule has 4 rings (SSSR count). The van der Waals surface area contributed by atoms with E-state index in [1.54, 1.807) is 0 Å². The van der Waals surface area contributed by atoms with E-state index in [0.717, 1.165) is 44.5 Å². The van der Waals surface area contributed by atoms with Gasteiger partial charge in [0.15, 0.2) is 16.8 Å². The molecule has 4 aromatic rings. The van der Waals surface area contributed by atoms with Crippen LogP contribution in [0.5, 0.6) is 0 Å². The van der Waals surface area contributed by atoms with Gasteiger partial charge >= 0.3 is 0 Å². The summed E-state index contributed by atoms with van der Waals surface area (Å²) in [4.78, 5) is 48.6. The van der Waals surface area contributed by atoms with E-state index in [0.29, 0.717) is 22.3 Å². The van der Waals surface area contributed by atoms with Crippen LogP contribution in [-0.4, -0.2) is 19.6 Å². The van der Waals surface area contributed by atoms with Crippen molar-refractivity contribution in [1.82, 2.24) is 0 Å². The third kappa shape index (κ3) is 4.38. The molecule has 0 bridgehead atoms. The van der Waals surface area contributed by atoms with Crippen LogP contribution in [0.3, 0.4) is 0 Å². The first-order valence-corrected chi connectivity index (χ1v) is 16.0. The van der Waals surface area contributed by atoms with E-state index in [4.69, 9.17) is 0 Å². The SMILES string of the molecule is Cc1cccc(C)c1C(c1c(C)cccc1C)(P(O)O)C(c1c(C)cccc1C)(c1c(C)cccc1C)P(O)O. The van der Waals surface area contributed by atoms with Crippen molar-refractivity contribution in [2.24, 2.45) is 0 Å². The zero-order valence-corrected chi connectivity index (χ0v) is 26.4. The van der Waals surface area contributed by atoms with Crippen LogP contribution in [0.2, 0.25) is 0 Å². The fourth-order valence-electron chi connectivity index (χ4n) is 7.20. The number of hydrogen-bond donors (Lipinski definition) is 4. The smallest absolute Gasteiger partial charge is 0.182 e. The second-order valence-corrected chi connectivity index (χ2v) is 13.6. The van der Waals surface area contributed by atoms with E-state index in [1.807, 2.05) is 128 Å². The molecular formula is C34H40O4P2. The molecule has 6 heteroatoms. The maximum absolute atomic E-state index is 12.1. The van der Waals surface area contributed by atoms with Gasteiger partial charge in [0.1, 0.15) is 10.3 Å². The number of aryl methyl sites for hydroxylation is 8. The van der Waals surface area contributed by atoms with Crippen molar-refractivity contribution in [2.45, 2.75) is 65.7 Å². The molecular weight excluding hydrogens is 534 g/mol. The first-order chi connectivity index (χ1) is 18.8. The fraction of sp³-hybridized carbons (Fsp3) is 0.294. The molecule has 0 spiro atoms. The van der Waals surface area contributed by atoms with E-state index >= 15 is 0 Å². The van der Waals surface area contributed by atoms with E-state index in [2.05, 4.69) is 0 Å². The summed E-state index contributed by atoms with van der Waals surface area (Å²) in [6.07, 6.45) is 0. The quantitative estimate of drug-likeness (QED) is 0.169. The van der Waals surface area contributed by atoms with Crippen LogP contribution in [0.15, 0.2) is 72.8 Å². The van der Waals surface area contributed by atoms with Crippen molar-refractivity contribution >= 4 is 16.8 Å². The van der Waals surface area contributed by atoms with Crippen molar-refractivity contribution in [1.29, 1.82) is 0 Å². The molecule has 0 aliphatic heterocycles. The average molecular weight is 575 g/mol. The Hall–Kier alpha value is -2.42. The Morgan fingerprint density at radius 2 is 0.500 bits per heavy atom. The van der Waals surface area contributed by atoms with Gasteiger partial charge in [0.05, 0.1) is 0 Å². The summed E-state index contributed by atoms with van der Waals surface area (Å²) < 4.78 is 0. The second-order valence-electron chi connectivity index (χ2n) is 11.1. The minimum absolute atomic E-state index is 0.712. The molecule has 0 unspecified atom stereocenters. The Balaban J connectivity index is 2.54. The Bertz CT molecular complexity index is 1260. The van der Waals surface area contributed by atoms with E-state index in [9.17, 15) is 19.6 Å². The van der Waals surface area contributed by atoms with Crippen LogP contribution in [-0.2, 0) is 10.3 Å². The van der Waals surface area contributed by atoms with Gasteiger partial charge in [0, 0.05) is 0 Å². The predicted octanol–water partition coefficient (Wildman–Crippen LogP) is 7.93. The third-order valence-corrected chi connectivity index (χ3v) is 11.4. The lowest BCUT2D eigenvalue weighted by Crippen LogP contribution is -2.51. The van der Waals surface area contributed by atoms with Crippen LogP contribution < -0.4 is 0 Å². The van der Waals surface area contributed by atoms with Crippen molar-refractivity contribution in [3.63, 3.8) is 0 Å². The highest BCUT2D eigenvalue weighted by atomic mass is 31.2. The van der Waals surface area contributed by atoms with E-state index in [1.165, 1.54) is 0 Å². The van der Waals surface area contributed by atoms with Crippen LogP contribution in [0.25, 0.3) is 0 Å². The van der Waals surface area contributed by atoms with Gasteiger partial charge in [-0.05, 0) is 122 Å². The predicted molar refractivity (Wildman–Crippen MR) is 168 cm³/mol. The molecule has 210 valence electrons. The summed E-state index contributed by atoms with van der Waals surface area (Å²) in [6.45, 7) is 15.8. The third-order valence-electron chi connectivity index (χ3n) is 8.50. The molecule has 0 aliphatic rings. The lowest BCUT2D eigenvalue weighted by Gasteiger charge is -2.55. The molecule has 40 heavy (non-hydrogen) atoms. The Morgan fingerprint density at radius 1 is 0.350 bits per heavy atom. The molecule has 0 heterocycles. The molecule has 4 nitrogen and oxygen atoms in total. The van der Waals surface area contributed by atoms with Gasteiger partial charge < -0.3 is 19.6 Å². The van der Waals surface area contributed by atoms with Gasteiger partial charge in [-0.1, -0.05) is 72.8 Å². The molecule has 0 saturated carbocycles. The highest BCUT2D eigenvalue weighted by Gasteiger charge is 2.67. The van der Waals surface area contributed by atoms with E-state index in [-0.39, 0.29) is 0 Å². The Labute approximate surface area is 241 Å². The Morgan fingerprint density at radius 3 is 0.625 bits per heavy atom. The number of rotatable bonds is 7. The van der Waals surface area contributed by atoms with Crippen molar-refractivity contribution in [3.05, 3.63) is 140 Å². The van der Waals surface area contributed by atoms with Gasteiger partial charge in [0.2, 0.25) is 0 Å². The molecule has 0 fully saturated rings. The minimum atomic E-state index is -2.89. The summed E-state index contributed by atoms with van der Waals surface area (Å²) in [5.74, 6) is 0. The number of hydrogen-bond acceptors (Lipinski definition) is 4. The lowest BCUT2D eigenvalue weighted by atomic mass is 9.65. The first kappa shape index (κ1) is 30.5. The standard InChI is InChI=1S/C34H40O4P2/c1-21-13-9-14-22(2)29(21)33(39(35)36,30-23(3)15-10-16-24(30)4)34(40(37)38,31-25(5)17-11-18-26(31)6)32-27(7)19-12-20-28(32)8/h9-20,35-38H,1-8H3. The zero-order chi connectivity index (χ0) is 29.6. The normalized spacial score (nSPS) is 12.4. The molecule has 0 radical (unpaired) electrons. The highest BCUT2D eigenvalue weighted by molar-refractivity contribution is 7.52. The Kier molecular flexibility index (Phi) is 8.75. The van der Waals surface area contributed by atoms with Crippen molar-refractivity contribution in [3.8, 4) is 0 Å². The monoisotopic (exact) mass is 574 g/mol. The van der Waals surface area contributed by atoms with Crippen LogP contribution in [0, 0.1) is 55.4 Å². The summed E-state index contributed by atoms with van der Waals surface area (Å²) in [6, 6.07) is 23.6. The second kappa shape index (κ2) is 11.5. The molecule has 0 aliphatic carbocycles. The average Bonchev–Trinajstić information content (AvgIpc) is 2.85.